The number of aromatic nitrogens is 3. The molecule has 1 amide bonds. The van der Waals surface area contributed by atoms with Crippen molar-refractivity contribution in [1.29, 1.82) is 0 Å². The number of halogens is 5. The van der Waals surface area contributed by atoms with Gasteiger partial charge in [0.2, 0.25) is 0 Å². The van der Waals surface area contributed by atoms with E-state index in [1.165, 1.54) is 16.8 Å². The lowest BCUT2D eigenvalue weighted by molar-refractivity contribution is -0.351. The third-order valence-electron chi connectivity index (χ3n) is 3.81. The summed E-state index contributed by atoms with van der Waals surface area (Å²) in [5.74, 6) is -0.513. The predicted octanol–water partition coefficient (Wildman–Crippen LogP) is 2.73. The molecule has 2 heterocycles. The molecule has 0 unspecified atom stereocenters. The van der Waals surface area contributed by atoms with Crippen LogP contribution in [0.15, 0.2) is 16.7 Å². The largest absolute Gasteiger partial charge is 0.522 e. The molecule has 26 heavy (non-hydrogen) atoms. The zero-order chi connectivity index (χ0) is 18.9. The fourth-order valence-electron chi connectivity index (χ4n) is 2.59. The molecule has 0 atom stereocenters. The average molecular weight is 441 g/mol. The molecular formula is C14H13BrF4N4O3. The van der Waals surface area contributed by atoms with Gasteiger partial charge in [0.05, 0.1) is 17.2 Å². The van der Waals surface area contributed by atoms with Gasteiger partial charge in [-0.2, -0.15) is 5.10 Å². The molecule has 2 aromatic heterocycles. The summed E-state index contributed by atoms with van der Waals surface area (Å²) in [5.41, 5.74) is 0.835. The Morgan fingerprint density at radius 1 is 1.42 bits per heavy atom. The van der Waals surface area contributed by atoms with Gasteiger partial charge in [-0.1, -0.05) is 0 Å². The van der Waals surface area contributed by atoms with Crippen molar-refractivity contribution in [2.45, 2.75) is 38.0 Å². The first-order valence-electron chi connectivity index (χ1n) is 7.49. The summed E-state index contributed by atoms with van der Waals surface area (Å²) < 4.78 is 58.8. The summed E-state index contributed by atoms with van der Waals surface area (Å²) in [6, 6.07) is 0.996. The number of carbonyl (C=O) groups is 1. The Hall–Kier alpha value is -1.79. The third-order valence-corrected chi connectivity index (χ3v) is 4.62. The second-order valence-electron chi connectivity index (χ2n) is 5.61. The molecule has 0 saturated heterocycles. The molecule has 3 rings (SSSR count). The highest BCUT2D eigenvalue weighted by Crippen LogP contribution is 2.30. The van der Waals surface area contributed by atoms with Gasteiger partial charge in [-0.3, -0.25) is 9.53 Å². The molecule has 1 N–H and O–H groups in total. The second kappa shape index (κ2) is 7.45. The van der Waals surface area contributed by atoms with Crippen LogP contribution in [0.5, 0.6) is 0 Å². The summed E-state index contributed by atoms with van der Waals surface area (Å²) in [6.45, 7) is -1.09. The smallest absolute Gasteiger partial charge is 0.348 e. The lowest BCUT2D eigenvalue weighted by atomic mass is 9.89. The molecule has 1 saturated carbocycles. The van der Waals surface area contributed by atoms with Gasteiger partial charge in [0.25, 0.3) is 5.91 Å². The molecule has 7 nitrogen and oxygen atoms in total. The second-order valence-corrected chi connectivity index (χ2v) is 6.40. The number of alkyl halides is 4. The van der Waals surface area contributed by atoms with Crippen LogP contribution in [0.2, 0.25) is 0 Å². The van der Waals surface area contributed by atoms with E-state index in [4.69, 9.17) is 0 Å². The molecule has 142 valence electrons. The van der Waals surface area contributed by atoms with E-state index >= 15 is 0 Å². The van der Waals surface area contributed by atoms with Crippen molar-refractivity contribution in [2.24, 2.45) is 0 Å². The maximum atomic E-state index is 12.4. The Morgan fingerprint density at radius 3 is 2.81 bits per heavy atom. The van der Waals surface area contributed by atoms with E-state index in [0.29, 0.717) is 15.8 Å². The van der Waals surface area contributed by atoms with Crippen molar-refractivity contribution in [3.8, 4) is 0 Å². The summed E-state index contributed by atoms with van der Waals surface area (Å²) in [7, 11) is 0. The van der Waals surface area contributed by atoms with E-state index in [-0.39, 0.29) is 25.1 Å². The van der Waals surface area contributed by atoms with Crippen molar-refractivity contribution >= 4 is 27.5 Å². The van der Waals surface area contributed by atoms with Crippen LogP contribution in [0.3, 0.4) is 0 Å². The maximum absolute atomic E-state index is 12.4. The molecule has 12 heteroatoms. The van der Waals surface area contributed by atoms with Gasteiger partial charge in [-0.25, -0.2) is 13.9 Å². The minimum absolute atomic E-state index is 0.0673. The third kappa shape index (κ3) is 4.13. The van der Waals surface area contributed by atoms with Crippen LogP contribution in [-0.2, 0) is 16.1 Å². The molecule has 2 aromatic rings. The van der Waals surface area contributed by atoms with Gasteiger partial charge in [0.15, 0.2) is 12.5 Å². The first-order chi connectivity index (χ1) is 12.3. The van der Waals surface area contributed by atoms with Crippen LogP contribution in [-0.4, -0.2) is 45.9 Å². The first kappa shape index (κ1) is 19.0. The SMILES string of the molecule is O=C(NC1CC(OC(F)(F)F)C1)c1ccnc2c(Br)c(COCF)nn12. The summed E-state index contributed by atoms with van der Waals surface area (Å²) in [5, 5.41) is 6.80. The van der Waals surface area contributed by atoms with Crippen LogP contribution in [0, 0.1) is 0 Å². The molecule has 1 fully saturated rings. The van der Waals surface area contributed by atoms with Gasteiger partial charge < -0.3 is 10.1 Å². The standard InChI is InChI=1S/C14H13BrF4N4O3/c15-11-9(5-25-6-16)22-23-10(1-2-20-12(11)23)13(24)21-7-3-8(4-7)26-14(17,18)19/h1-2,7-8H,3-6H2,(H,21,24). The van der Waals surface area contributed by atoms with Crippen LogP contribution in [0.4, 0.5) is 17.6 Å². The van der Waals surface area contributed by atoms with Gasteiger partial charge in [-0.15, -0.1) is 13.2 Å². The lowest BCUT2D eigenvalue weighted by Crippen LogP contribution is -2.49. The van der Waals surface area contributed by atoms with Crippen LogP contribution in [0.25, 0.3) is 5.65 Å². The fourth-order valence-corrected chi connectivity index (χ4v) is 3.05. The number of hydrogen-bond acceptors (Lipinski definition) is 5. The van der Waals surface area contributed by atoms with Gasteiger partial charge in [0, 0.05) is 12.2 Å². The highest BCUT2D eigenvalue weighted by molar-refractivity contribution is 9.10. The van der Waals surface area contributed by atoms with Crippen molar-refractivity contribution < 1.29 is 31.8 Å². The minimum atomic E-state index is -4.68. The van der Waals surface area contributed by atoms with Gasteiger partial charge in [-0.05, 0) is 34.8 Å². The van der Waals surface area contributed by atoms with E-state index in [0.717, 1.165) is 0 Å². The quantitative estimate of drug-likeness (QED) is 0.698. The number of rotatable bonds is 6. The van der Waals surface area contributed by atoms with Gasteiger partial charge >= 0.3 is 6.36 Å². The Morgan fingerprint density at radius 2 is 2.15 bits per heavy atom. The topological polar surface area (TPSA) is 77.8 Å². The van der Waals surface area contributed by atoms with E-state index < -0.39 is 31.3 Å². The first-order valence-corrected chi connectivity index (χ1v) is 8.29. The molecule has 0 radical (unpaired) electrons. The zero-order valence-corrected chi connectivity index (χ0v) is 14.7. The molecule has 0 aromatic carbocycles. The van der Waals surface area contributed by atoms with E-state index in [9.17, 15) is 22.4 Å². The van der Waals surface area contributed by atoms with E-state index in [1.807, 2.05) is 0 Å². The van der Waals surface area contributed by atoms with Crippen molar-refractivity contribution in [1.82, 2.24) is 19.9 Å². The average Bonchev–Trinajstić information content (AvgIpc) is 2.86. The maximum Gasteiger partial charge on any atom is 0.522 e. The number of ether oxygens (including phenoxy) is 2. The Balaban J connectivity index is 1.69. The number of nitrogens with one attached hydrogen (secondary N) is 1. The molecule has 1 aliphatic carbocycles. The summed E-state index contributed by atoms with van der Waals surface area (Å²) >= 11 is 3.27. The Bertz CT molecular complexity index is 807. The van der Waals surface area contributed by atoms with Crippen molar-refractivity contribution in [2.75, 3.05) is 6.86 Å². The van der Waals surface area contributed by atoms with Crippen LogP contribution >= 0.6 is 15.9 Å². The summed E-state index contributed by atoms with van der Waals surface area (Å²) in [6.07, 6.45) is -4.11. The van der Waals surface area contributed by atoms with E-state index in [2.05, 4.69) is 40.8 Å². The molecule has 0 bridgehead atoms. The monoisotopic (exact) mass is 440 g/mol. The zero-order valence-electron chi connectivity index (χ0n) is 13.1. The van der Waals surface area contributed by atoms with Crippen molar-refractivity contribution in [3.05, 3.63) is 28.1 Å². The number of fused-ring (bicyclic) bond motifs is 1. The molecule has 0 spiro atoms. The van der Waals surface area contributed by atoms with Gasteiger partial charge in [0.1, 0.15) is 11.4 Å². The highest BCUT2D eigenvalue weighted by atomic mass is 79.9. The molecular weight excluding hydrogens is 428 g/mol. The number of carbonyl (C=O) groups excluding carboxylic acids is 1. The highest BCUT2D eigenvalue weighted by Gasteiger charge is 2.40. The number of nitrogens with zero attached hydrogens (tertiary/aromatic N) is 3. The Labute approximate surface area is 152 Å². The lowest BCUT2D eigenvalue weighted by Gasteiger charge is -2.35. The number of amides is 1. The Kier molecular flexibility index (Phi) is 5.44. The van der Waals surface area contributed by atoms with Crippen molar-refractivity contribution in [3.63, 3.8) is 0 Å². The van der Waals surface area contributed by atoms with Crippen LogP contribution in [0.1, 0.15) is 29.0 Å². The minimum Gasteiger partial charge on any atom is -0.348 e. The number of hydrogen-bond donors (Lipinski definition) is 1. The normalized spacial score (nSPS) is 20.2. The van der Waals surface area contributed by atoms with Crippen LogP contribution < -0.4 is 5.32 Å². The van der Waals surface area contributed by atoms with E-state index in [1.54, 1.807) is 0 Å². The predicted molar refractivity (Wildman–Crippen MR) is 82.9 cm³/mol. The molecule has 0 aliphatic heterocycles. The molecule has 1 aliphatic rings. The summed E-state index contributed by atoms with van der Waals surface area (Å²) in [4.78, 5) is 16.5. The fraction of sp³-hybridized carbons (Fsp3) is 0.500.